The lowest BCUT2D eigenvalue weighted by atomic mass is 10.2. The van der Waals surface area contributed by atoms with Crippen molar-refractivity contribution in [2.75, 3.05) is 11.1 Å². The van der Waals surface area contributed by atoms with E-state index >= 15 is 0 Å². The van der Waals surface area contributed by atoms with Crippen LogP contribution in [0.1, 0.15) is 6.92 Å². The van der Waals surface area contributed by atoms with Crippen LogP contribution < -0.4 is 11.1 Å². The Morgan fingerprint density at radius 3 is 2.47 bits per heavy atom. The number of ketones is 1. The van der Waals surface area contributed by atoms with Crippen molar-refractivity contribution in [3.63, 3.8) is 0 Å². The zero-order valence-corrected chi connectivity index (χ0v) is 11.3. The molecule has 6 heteroatoms. The summed E-state index contributed by atoms with van der Waals surface area (Å²) >= 11 is 16.3. The molecular formula is C11H11Cl3N2O. The molecule has 0 saturated carbocycles. The van der Waals surface area contributed by atoms with Gasteiger partial charge in [0.05, 0.1) is 11.4 Å². The summed E-state index contributed by atoms with van der Waals surface area (Å²) in [6.45, 7) is 1.68. The van der Waals surface area contributed by atoms with Crippen molar-refractivity contribution in [1.82, 2.24) is 0 Å². The molecule has 3 N–H and O–H groups in total. The second-order valence-electron chi connectivity index (χ2n) is 3.40. The van der Waals surface area contributed by atoms with Crippen LogP contribution in [0.3, 0.4) is 0 Å². The highest BCUT2D eigenvalue weighted by atomic mass is 35.6. The number of hydrogen-bond acceptors (Lipinski definition) is 3. The molecule has 0 spiro atoms. The lowest BCUT2D eigenvalue weighted by Gasteiger charge is -2.10. The Labute approximate surface area is 115 Å². The zero-order chi connectivity index (χ0) is 13.1. The van der Waals surface area contributed by atoms with E-state index in [9.17, 15) is 4.79 Å². The first-order valence-electron chi connectivity index (χ1n) is 4.71. The quantitative estimate of drug-likeness (QED) is 0.509. The molecular weight excluding hydrogens is 282 g/mol. The van der Waals surface area contributed by atoms with Crippen molar-refractivity contribution < 1.29 is 4.79 Å². The van der Waals surface area contributed by atoms with E-state index in [0.717, 1.165) is 0 Å². The second-order valence-corrected chi connectivity index (χ2v) is 5.68. The number of hydrogen-bond donors (Lipinski definition) is 2. The number of nitrogens with two attached hydrogens (primary N) is 1. The van der Waals surface area contributed by atoms with Gasteiger partial charge < -0.3 is 11.1 Å². The zero-order valence-electron chi connectivity index (χ0n) is 9.01. The van der Waals surface area contributed by atoms with Gasteiger partial charge in [-0.2, -0.15) is 0 Å². The van der Waals surface area contributed by atoms with Gasteiger partial charge in [0.2, 0.25) is 5.78 Å². The molecule has 0 aliphatic rings. The summed E-state index contributed by atoms with van der Waals surface area (Å²) in [6.07, 6.45) is 1.22. The fourth-order valence-electron chi connectivity index (χ4n) is 1.14. The Bertz CT molecular complexity index is 452. The van der Waals surface area contributed by atoms with Crippen molar-refractivity contribution >= 4 is 52.0 Å². The fraction of sp³-hybridized carbons (Fsp3) is 0.182. The van der Waals surface area contributed by atoms with Crippen LogP contribution in [0.4, 0.5) is 11.4 Å². The molecule has 0 saturated heterocycles. The molecule has 0 atom stereocenters. The van der Waals surface area contributed by atoms with E-state index in [1.54, 1.807) is 19.1 Å². The molecule has 0 aliphatic heterocycles. The van der Waals surface area contributed by atoms with Crippen LogP contribution in [0.15, 0.2) is 36.0 Å². The minimum atomic E-state index is -1.94. The Hall–Kier alpha value is -0.900. The minimum absolute atomic E-state index is 0.541. The molecule has 0 aromatic heterocycles. The standard InChI is InChI=1S/C11H11Cl3N2O/c1-7(6-10(17)11(12,13)14)16-9-5-3-2-4-8(9)15/h2-6,16H,15H2,1H3/b7-6-. The van der Waals surface area contributed by atoms with Gasteiger partial charge in [-0.25, -0.2) is 0 Å². The van der Waals surface area contributed by atoms with E-state index in [0.29, 0.717) is 17.1 Å². The summed E-state index contributed by atoms with van der Waals surface area (Å²) in [6, 6.07) is 7.16. The number of carbonyl (C=O) groups is 1. The number of alkyl halides is 3. The maximum atomic E-state index is 11.4. The van der Waals surface area contributed by atoms with Crippen molar-refractivity contribution in [3.05, 3.63) is 36.0 Å². The van der Waals surface area contributed by atoms with Crippen LogP contribution in [0, 0.1) is 0 Å². The molecule has 1 aromatic rings. The van der Waals surface area contributed by atoms with Crippen LogP contribution >= 0.6 is 34.8 Å². The van der Waals surface area contributed by atoms with Crippen molar-refractivity contribution in [1.29, 1.82) is 0 Å². The highest BCUT2D eigenvalue weighted by molar-refractivity contribution is 6.77. The van der Waals surface area contributed by atoms with E-state index in [-0.39, 0.29) is 0 Å². The number of para-hydroxylation sites is 2. The number of rotatable bonds is 3. The summed E-state index contributed by atoms with van der Waals surface area (Å²) < 4.78 is -1.94. The molecule has 0 aliphatic carbocycles. The third-order valence-electron chi connectivity index (χ3n) is 1.92. The summed E-state index contributed by atoms with van der Waals surface area (Å²) in [4.78, 5) is 11.4. The molecule has 1 aromatic carbocycles. The molecule has 0 heterocycles. The van der Waals surface area contributed by atoms with E-state index in [4.69, 9.17) is 40.5 Å². The van der Waals surface area contributed by atoms with Gasteiger partial charge in [0.15, 0.2) is 0 Å². The van der Waals surface area contributed by atoms with Crippen molar-refractivity contribution in [3.8, 4) is 0 Å². The highest BCUT2D eigenvalue weighted by Crippen LogP contribution is 2.28. The maximum absolute atomic E-state index is 11.4. The molecule has 0 fully saturated rings. The number of halogens is 3. The average molecular weight is 294 g/mol. The van der Waals surface area contributed by atoms with Gasteiger partial charge in [-0.05, 0) is 19.1 Å². The number of benzene rings is 1. The van der Waals surface area contributed by atoms with Gasteiger partial charge >= 0.3 is 0 Å². The first-order chi connectivity index (χ1) is 7.80. The van der Waals surface area contributed by atoms with Crippen LogP contribution in [0.25, 0.3) is 0 Å². The molecule has 0 bridgehead atoms. The fourth-order valence-corrected chi connectivity index (χ4v) is 1.30. The van der Waals surface area contributed by atoms with E-state index in [1.807, 2.05) is 12.1 Å². The SMILES string of the molecule is C/C(=C/C(=O)C(Cl)(Cl)Cl)Nc1ccccc1N. The molecule has 3 nitrogen and oxygen atoms in total. The normalized spacial score (nSPS) is 12.4. The topological polar surface area (TPSA) is 55.1 Å². The number of nitrogen functional groups attached to an aromatic ring is 1. The number of allylic oxidation sites excluding steroid dienone is 2. The summed E-state index contributed by atoms with van der Waals surface area (Å²) in [5, 5.41) is 2.95. The Balaban J connectivity index is 2.80. The number of nitrogens with one attached hydrogen (secondary N) is 1. The average Bonchev–Trinajstić information content (AvgIpc) is 2.20. The van der Waals surface area contributed by atoms with Gasteiger partial charge in [0, 0.05) is 11.8 Å². The molecule has 0 amide bonds. The third-order valence-corrected chi connectivity index (χ3v) is 2.48. The van der Waals surface area contributed by atoms with Crippen LogP contribution in [-0.2, 0) is 4.79 Å². The van der Waals surface area contributed by atoms with E-state index in [1.165, 1.54) is 6.08 Å². The summed E-state index contributed by atoms with van der Waals surface area (Å²) in [7, 11) is 0. The predicted octanol–water partition coefficient (Wildman–Crippen LogP) is 3.52. The Kier molecular flexibility index (Phi) is 4.69. The van der Waals surface area contributed by atoms with Crippen LogP contribution in [0.5, 0.6) is 0 Å². The number of carbonyl (C=O) groups excluding carboxylic acids is 1. The minimum Gasteiger partial charge on any atom is -0.397 e. The van der Waals surface area contributed by atoms with Gasteiger partial charge in [-0.15, -0.1) is 0 Å². The molecule has 0 unspecified atom stereocenters. The molecule has 1 rings (SSSR count). The third kappa shape index (κ3) is 4.46. The van der Waals surface area contributed by atoms with Crippen molar-refractivity contribution in [2.45, 2.75) is 10.7 Å². The first kappa shape index (κ1) is 14.2. The first-order valence-corrected chi connectivity index (χ1v) is 5.85. The van der Waals surface area contributed by atoms with E-state index in [2.05, 4.69) is 5.32 Å². The molecule has 17 heavy (non-hydrogen) atoms. The van der Waals surface area contributed by atoms with Crippen molar-refractivity contribution in [2.24, 2.45) is 0 Å². The van der Waals surface area contributed by atoms with Gasteiger partial charge in [-0.1, -0.05) is 46.9 Å². The predicted molar refractivity (Wildman–Crippen MR) is 73.5 cm³/mol. The molecule has 0 radical (unpaired) electrons. The van der Waals surface area contributed by atoms with Gasteiger partial charge in [0.1, 0.15) is 0 Å². The summed E-state index contributed by atoms with van der Waals surface area (Å²) in [5.74, 6) is -0.609. The molecule has 92 valence electrons. The lowest BCUT2D eigenvalue weighted by Crippen LogP contribution is -2.17. The second kappa shape index (κ2) is 5.63. The van der Waals surface area contributed by atoms with Gasteiger partial charge in [0.25, 0.3) is 3.79 Å². The maximum Gasteiger partial charge on any atom is 0.252 e. The lowest BCUT2D eigenvalue weighted by molar-refractivity contribution is -0.113. The van der Waals surface area contributed by atoms with Crippen LogP contribution in [-0.4, -0.2) is 9.58 Å². The number of anilines is 2. The highest BCUT2D eigenvalue weighted by Gasteiger charge is 2.28. The monoisotopic (exact) mass is 292 g/mol. The summed E-state index contributed by atoms with van der Waals surface area (Å²) in [5.41, 5.74) is 7.54. The largest absolute Gasteiger partial charge is 0.397 e. The Morgan fingerprint density at radius 2 is 1.94 bits per heavy atom. The Morgan fingerprint density at radius 1 is 1.35 bits per heavy atom. The van der Waals surface area contributed by atoms with Crippen LogP contribution in [0.2, 0.25) is 0 Å². The van der Waals surface area contributed by atoms with Gasteiger partial charge in [-0.3, -0.25) is 4.79 Å². The smallest absolute Gasteiger partial charge is 0.252 e. The van der Waals surface area contributed by atoms with E-state index < -0.39 is 9.58 Å².